The van der Waals surface area contributed by atoms with Crippen LogP contribution in [-0.2, 0) is 4.79 Å². The molecule has 14 heavy (non-hydrogen) atoms. The maximum Gasteiger partial charge on any atom is 0.239 e. The molecular formula is C10H20N2OS. The minimum Gasteiger partial charge on any atom is -0.354 e. The summed E-state index contributed by atoms with van der Waals surface area (Å²) in [5, 5.41) is 2.94. The van der Waals surface area contributed by atoms with Gasteiger partial charge < -0.3 is 11.1 Å². The highest BCUT2D eigenvalue weighted by Gasteiger charge is 2.26. The molecule has 1 rings (SSSR count). The molecule has 4 heteroatoms. The Morgan fingerprint density at radius 3 is 2.93 bits per heavy atom. The lowest BCUT2D eigenvalue weighted by molar-refractivity contribution is -0.126. The number of amides is 1. The van der Waals surface area contributed by atoms with E-state index in [-0.39, 0.29) is 5.91 Å². The van der Waals surface area contributed by atoms with E-state index >= 15 is 0 Å². The second kappa shape index (κ2) is 5.03. The van der Waals surface area contributed by atoms with Crippen LogP contribution < -0.4 is 11.1 Å². The Balaban J connectivity index is 2.26. The van der Waals surface area contributed by atoms with Crippen molar-refractivity contribution in [1.29, 1.82) is 0 Å². The van der Waals surface area contributed by atoms with Crippen molar-refractivity contribution in [3.8, 4) is 0 Å². The molecule has 82 valence electrons. The molecule has 0 bridgehead atoms. The van der Waals surface area contributed by atoms with Gasteiger partial charge in [-0.15, -0.1) is 0 Å². The van der Waals surface area contributed by atoms with Gasteiger partial charge >= 0.3 is 0 Å². The number of thioether (sulfide) groups is 1. The standard InChI is InChI=1S/C10H20N2OS/c1-3-10(2,11)9(13)12-6-8-4-5-14-7-8/h8H,3-7,11H2,1-2H3,(H,12,13). The maximum absolute atomic E-state index is 11.6. The minimum atomic E-state index is -0.703. The summed E-state index contributed by atoms with van der Waals surface area (Å²) in [6.07, 6.45) is 1.90. The van der Waals surface area contributed by atoms with E-state index in [1.807, 2.05) is 18.7 Å². The highest BCUT2D eigenvalue weighted by molar-refractivity contribution is 7.99. The van der Waals surface area contributed by atoms with Gasteiger partial charge in [-0.3, -0.25) is 4.79 Å². The van der Waals surface area contributed by atoms with Crippen molar-refractivity contribution in [2.24, 2.45) is 11.7 Å². The van der Waals surface area contributed by atoms with Crippen molar-refractivity contribution >= 4 is 17.7 Å². The van der Waals surface area contributed by atoms with Crippen LogP contribution in [-0.4, -0.2) is 29.5 Å². The van der Waals surface area contributed by atoms with Crippen LogP contribution >= 0.6 is 11.8 Å². The Hall–Kier alpha value is -0.220. The first kappa shape index (κ1) is 11.9. The van der Waals surface area contributed by atoms with Crippen LogP contribution in [0.4, 0.5) is 0 Å². The summed E-state index contributed by atoms with van der Waals surface area (Å²) in [5.74, 6) is 3.04. The van der Waals surface area contributed by atoms with Crippen LogP contribution in [0, 0.1) is 5.92 Å². The maximum atomic E-state index is 11.6. The third-order valence-corrected chi connectivity index (χ3v) is 4.06. The van der Waals surface area contributed by atoms with Crippen LogP contribution in [0.2, 0.25) is 0 Å². The van der Waals surface area contributed by atoms with Crippen molar-refractivity contribution in [1.82, 2.24) is 5.32 Å². The molecule has 0 saturated carbocycles. The summed E-state index contributed by atoms with van der Waals surface area (Å²) in [6.45, 7) is 4.51. The van der Waals surface area contributed by atoms with Crippen molar-refractivity contribution in [3.05, 3.63) is 0 Å². The largest absolute Gasteiger partial charge is 0.354 e. The predicted octanol–water partition coefficient (Wildman–Crippen LogP) is 0.983. The SMILES string of the molecule is CCC(C)(N)C(=O)NCC1CCSC1. The second-order valence-electron chi connectivity index (χ2n) is 4.21. The molecule has 1 saturated heterocycles. The third-order valence-electron chi connectivity index (χ3n) is 2.83. The van der Waals surface area contributed by atoms with E-state index in [1.165, 1.54) is 17.9 Å². The first-order chi connectivity index (χ1) is 6.56. The monoisotopic (exact) mass is 216 g/mol. The molecule has 1 aliphatic rings. The van der Waals surface area contributed by atoms with Crippen LogP contribution in [0.3, 0.4) is 0 Å². The fraction of sp³-hybridized carbons (Fsp3) is 0.900. The van der Waals surface area contributed by atoms with Gasteiger partial charge in [0.15, 0.2) is 0 Å². The van der Waals surface area contributed by atoms with Crippen LogP contribution in [0.1, 0.15) is 26.7 Å². The molecule has 1 heterocycles. The molecule has 0 radical (unpaired) electrons. The number of hydrogen-bond donors (Lipinski definition) is 2. The number of carbonyl (C=O) groups excluding carboxylic acids is 1. The Labute approximate surface area is 90.2 Å². The number of nitrogens with two attached hydrogens (primary N) is 1. The normalized spacial score (nSPS) is 25.8. The number of nitrogens with one attached hydrogen (secondary N) is 1. The zero-order valence-electron chi connectivity index (χ0n) is 9.01. The summed E-state index contributed by atoms with van der Waals surface area (Å²) >= 11 is 1.96. The van der Waals surface area contributed by atoms with Gasteiger partial charge in [0, 0.05) is 6.54 Å². The number of carbonyl (C=O) groups is 1. The fourth-order valence-corrected chi connectivity index (χ4v) is 2.63. The molecule has 3 nitrogen and oxygen atoms in total. The fourth-order valence-electron chi connectivity index (χ4n) is 1.34. The lowest BCUT2D eigenvalue weighted by Gasteiger charge is -2.22. The zero-order valence-corrected chi connectivity index (χ0v) is 9.82. The number of rotatable bonds is 4. The van der Waals surface area contributed by atoms with Gasteiger partial charge in [0.2, 0.25) is 5.91 Å². The molecular weight excluding hydrogens is 196 g/mol. The van der Waals surface area contributed by atoms with E-state index < -0.39 is 5.54 Å². The van der Waals surface area contributed by atoms with Gasteiger partial charge in [-0.05, 0) is 37.2 Å². The second-order valence-corrected chi connectivity index (χ2v) is 5.36. The molecule has 0 aromatic rings. The van der Waals surface area contributed by atoms with E-state index in [9.17, 15) is 4.79 Å². The highest BCUT2D eigenvalue weighted by atomic mass is 32.2. The molecule has 1 fully saturated rings. The van der Waals surface area contributed by atoms with E-state index in [2.05, 4.69) is 5.32 Å². The van der Waals surface area contributed by atoms with Crippen LogP contribution in [0.5, 0.6) is 0 Å². The highest BCUT2D eigenvalue weighted by Crippen LogP contribution is 2.22. The van der Waals surface area contributed by atoms with Gasteiger partial charge in [0.25, 0.3) is 0 Å². The average Bonchev–Trinajstić information content (AvgIpc) is 2.66. The summed E-state index contributed by atoms with van der Waals surface area (Å²) < 4.78 is 0. The van der Waals surface area contributed by atoms with Gasteiger partial charge in [0.1, 0.15) is 0 Å². The average molecular weight is 216 g/mol. The summed E-state index contributed by atoms with van der Waals surface area (Å²) in [7, 11) is 0. The Kier molecular flexibility index (Phi) is 4.26. The summed E-state index contributed by atoms with van der Waals surface area (Å²) in [4.78, 5) is 11.6. The molecule has 1 amide bonds. The first-order valence-electron chi connectivity index (χ1n) is 5.21. The Morgan fingerprint density at radius 1 is 1.71 bits per heavy atom. The molecule has 2 unspecified atom stereocenters. The number of hydrogen-bond acceptors (Lipinski definition) is 3. The molecule has 1 aliphatic heterocycles. The van der Waals surface area contributed by atoms with Crippen molar-refractivity contribution in [3.63, 3.8) is 0 Å². The lowest BCUT2D eigenvalue weighted by Crippen LogP contribution is -2.52. The molecule has 2 atom stereocenters. The molecule has 0 spiro atoms. The van der Waals surface area contributed by atoms with E-state index in [0.29, 0.717) is 12.3 Å². The van der Waals surface area contributed by atoms with Gasteiger partial charge in [-0.25, -0.2) is 0 Å². The molecule has 3 N–H and O–H groups in total. The summed E-state index contributed by atoms with van der Waals surface area (Å²) in [5.41, 5.74) is 5.12. The van der Waals surface area contributed by atoms with Gasteiger partial charge in [-0.2, -0.15) is 11.8 Å². The van der Waals surface area contributed by atoms with Crippen molar-refractivity contribution < 1.29 is 4.79 Å². The third kappa shape index (κ3) is 3.17. The van der Waals surface area contributed by atoms with Crippen LogP contribution in [0.15, 0.2) is 0 Å². The molecule has 0 aromatic heterocycles. The smallest absolute Gasteiger partial charge is 0.239 e. The quantitative estimate of drug-likeness (QED) is 0.736. The van der Waals surface area contributed by atoms with Crippen molar-refractivity contribution in [2.45, 2.75) is 32.2 Å². The van der Waals surface area contributed by atoms with E-state index in [0.717, 1.165) is 6.54 Å². The topological polar surface area (TPSA) is 55.1 Å². The van der Waals surface area contributed by atoms with E-state index in [4.69, 9.17) is 5.73 Å². The Bertz CT molecular complexity index is 200. The predicted molar refractivity (Wildman–Crippen MR) is 61.3 cm³/mol. The van der Waals surface area contributed by atoms with Crippen molar-refractivity contribution in [2.75, 3.05) is 18.1 Å². The van der Waals surface area contributed by atoms with Gasteiger partial charge in [-0.1, -0.05) is 6.92 Å². The van der Waals surface area contributed by atoms with Gasteiger partial charge in [0.05, 0.1) is 5.54 Å². The Morgan fingerprint density at radius 2 is 2.43 bits per heavy atom. The zero-order chi connectivity index (χ0) is 10.6. The minimum absolute atomic E-state index is 0.0168. The van der Waals surface area contributed by atoms with E-state index in [1.54, 1.807) is 6.92 Å². The lowest BCUT2D eigenvalue weighted by atomic mass is 9.99. The summed E-state index contributed by atoms with van der Waals surface area (Å²) in [6, 6.07) is 0. The molecule has 0 aromatic carbocycles. The first-order valence-corrected chi connectivity index (χ1v) is 6.36. The van der Waals surface area contributed by atoms with Crippen LogP contribution in [0.25, 0.3) is 0 Å². The molecule has 0 aliphatic carbocycles.